The van der Waals surface area contributed by atoms with Crippen molar-refractivity contribution in [2.75, 3.05) is 4.72 Å². The number of nitrogens with zero attached hydrogens (tertiary/aromatic N) is 2. The average molecular weight is 303 g/mol. The van der Waals surface area contributed by atoms with Crippen LogP contribution in [0.4, 0.5) is 11.4 Å². The Labute approximate surface area is 112 Å². The summed E-state index contributed by atoms with van der Waals surface area (Å²) in [6.07, 6.45) is 1.25. The molecule has 0 aliphatic carbocycles. The number of hydrogen-bond acceptors (Lipinski definition) is 5. The van der Waals surface area contributed by atoms with Gasteiger partial charge in [0.25, 0.3) is 15.7 Å². The molecular weight excluding hydrogens is 296 g/mol. The molecule has 0 aliphatic heterocycles. The predicted molar refractivity (Wildman–Crippen MR) is 67.5 cm³/mol. The van der Waals surface area contributed by atoms with E-state index in [-0.39, 0.29) is 15.7 Å². The van der Waals surface area contributed by atoms with Gasteiger partial charge in [-0.3, -0.25) is 19.9 Å². The normalized spacial score (nSPS) is 11.2. The first kappa shape index (κ1) is 13.3. The molecule has 0 radical (unpaired) electrons. The van der Waals surface area contributed by atoms with Crippen molar-refractivity contribution in [3.63, 3.8) is 0 Å². The van der Waals surface area contributed by atoms with Crippen LogP contribution in [-0.4, -0.2) is 23.5 Å². The van der Waals surface area contributed by atoms with Crippen LogP contribution in [-0.2, 0) is 10.0 Å². The zero-order valence-corrected chi connectivity index (χ0v) is 10.8. The smallest absolute Gasteiger partial charge is 0.272 e. The molecule has 0 saturated heterocycles. The molecule has 10 heteroatoms. The van der Waals surface area contributed by atoms with Gasteiger partial charge >= 0.3 is 0 Å². The summed E-state index contributed by atoms with van der Waals surface area (Å²) in [5.74, 6) is 0. The van der Waals surface area contributed by atoms with E-state index in [0.29, 0.717) is 0 Å². The lowest BCUT2D eigenvalue weighted by Gasteiger charge is -2.07. The lowest BCUT2D eigenvalue weighted by molar-refractivity contribution is -0.383. The number of rotatable bonds is 4. The third-order valence-corrected chi connectivity index (χ3v) is 3.69. The lowest BCUT2D eigenvalue weighted by atomic mass is 10.3. The van der Waals surface area contributed by atoms with E-state index in [2.05, 4.69) is 14.9 Å². The Hall–Kier alpha value is -2.13. The molecule has 8 nitrogen and oxygen atoms in total. The fourth-order valence-corrected chi connectivity index (χ4v) is 2.49. The lowest BCUT2D eigenvalue weighted by Crippen LogP contribution is -2.14. The van der Waals surface area contributed by atoms with Gasteiger partial charge in [0.1, 0.15) is 5.69 Å². The molecule has 100 valence electrons. The number of nitro benzene ring substituents is 1. The molecule has 1 aromatic carbocycles. The van der Waals surface area contributed by atoms with Gasteiger partial charge in [0.2, 0.25) is 0 Å². The number of hydrogen-bond donors (Lipinski definition) is 2. The Morgan fingerprint density at radius 2 is 2.11 bits per heavy atom. The highest BCUT2D eigenvalue weighted by Crippen LogP contribution is 2.29. The van der Waals surface area contributed by atoms with E-state index in [1.807, 2.05) is 0 Å². The van der Waals surface area contributed by atoms with E-state index < -0.39 is 20.6 Å². The van der Waals surface area contributed by atoms with Crippen LogP contribution in [0.25, 0.3) is 0 Å². The summed E-state index contributed by atoms with van der Waals surface area (Å²) in [6, 6.07) is 4.80. The molecule has 2 rings (SSSR count). The van der Waals surface area contributed by atoms with Crippen LogP contribution in [0.2, 0.25) is 5.02 Å². The Kier molecular flexibility index (Phi) is 3.40. The molecule has 0 bridgehead atoms. The second kappa shape index (κ2) is 4.86. The minimum atomic E-state index is -3.97. The highest BCUT2D eigenvalue weighted by Gasteiger charge is 2.21. The first-order valence-corrected chi connectivity index (χ1v) is 6.72. The van der Waals surface area contributed by atoms with Crippen molar-refractivity contribution in [3.05, 3.63) is 45.6 Å². The van der Waals surface area contributed by atoms with Gasteiger partial charge in [0.05, 0.1) is 11.1 Å². The summed E-state index contributed by atoms with van der Waals surface area (Å²) in [6.45, 7) is 0. The molecule has 0 spiro atoms. The van der Waals surface area contributed by atoms with Crippen molar-refractivity contribution in [2.45, 2.75) is 5.03 Å². The summed E-state index contributed by atoms with van der Waals surface area (Å²) >= 11 is 5.70. The number of nitrogens with one attached hydrogen (secondary N) is 2. The maximum atomic E-state index is 11.9. The second-order valence-corrected chi connectivity index (χ2v) is 5.53. The van der Waals surface area contributed by atoms with Crippen molar-refractivity contribution in [3.8, 4) is 0 Å². The Bertz CT molecular complexity index is 714. The highest BCUT2D eigenvalue weighted by atomic mass is 35.5. The van der Waals surface area contributed by atoms with E-state index >= 15 is 0 Å². The first-order valence-electron chi connectivity index (χ1n) is 4.86. The van der Waals surface area contributed by atoms with E-state index in [4.69, 9.17) is 11.6 Å². The SMILES string of the molecule is O=[N+]([O-])c1ccc(Cl)cc1NS(=O)(=O)c1ccn[nH]1. The van der Waals surface area contributed by atoms with Gasteiger partial charge in [-0.15, -0.1) is 0 Å². The zero-order valence-electron chi connectivity index (χ0n) is 9.20. The Morgan fingerprint density at radius 1 is 1.37 bits per heavy atom. The largest absolute Gasteiger partial charge is 0.293 e. The standard InChI is InChI=1S/C9H7ClN4O4S/c10-6-1-2-8(14(15)16)7(5-6)13-19(17,18)9-3-4-11-12-9/h1-5,13H,(H,11,12). The Morgan fingerprint density at radius 3 is 2.68 bits per heavy atom. The van der Waals surface area contributed by atoms with E-state index in [1.165, 1.54) is 18.3 Å². The molecule has 1 heterocycles. The van der Waals surface area contributed by atoms with Gasteiger partial charge < -0.3 is 0 Å². The fourth-order valence-electron chi connectivity index (χ4n) is 1.34. The van der Waals surface area contributed by atoms with E-state index in [0.717, 1.165) is 12.1 Å². The maximum Gasteiger partial charge on any atom is 0.293 e. The topological polar surface area (TPSA) is 118 Å². The van der Waals surface area contributed by atoms with Crippen LogP contribution in [0.1, 0.15) is 0 Å². The summed E-state index contributed by atoms with van der Waals surface area (Å²) < 4.78 is 25.9. The number of anilines is 1. The van der Waals surface area contributed by atoms with Crippen LogP contribution in [0, 0.1) is 10.1 Å². The van der Waals surface area contributed by atoms with Gasteiger partial charge in [-0.25, -0.2) is 0 Å². The third-order valence-electron chi connectivity index (χ3n) is 2.16. The highest BCUT2D eigenvalue weighted by molar-refractivity contribution is 7.92. The van der Waals surface area contributed by atoms with Gasteiger partial charge in [0.15, 0.2) is 5.03 Å². The summed E-state index contributed by atoms with van der Waals surface area (Å²) in [7, 11) is -3.97. The molecule has 0 fully saturated rings. The maximum absolute atomic E-state index is 11.9. The summed E-state index contributed by atoms with van der Waals surface area (Å²) in [5, 5.41) is 16.5. The molecule has 0 atom stereocenters. The molecule has 2 aromatic rings. The number of halogens is 1. The van der Waals surface area contributed by atoms with Crippen molar-refractivity contribution in [1.82, 2.24) is 10.2 Å². The van der Waals surface area contributed by atoms with Crippen LogP contribution >= 0.6 is 11.6 Å². The van der Waals surface area contributed by atoms with Crippen molar-refractivity contribution < 1.29 is 13.3 Å². The number of benzene rings is 1. The molecular formula is C9H7ClN4O4S. The first-order chi connectivity index (χ1) is 8.90. The van der Waals surface area contributed by atoms with Gasteiger partial charge in [-0.1, -0.05) is 11.6 Å². The van der Waals surface area contributed by atoms with Crippen LogP contribution in [0.15, 0.2) is 35.5 Å². The van der Waals surface area contributed by atoms with Gasteiger partial charge in [-0.05, 0) is 18.2 Å². The van der Waals surface area contributed by atoms with Crippen molar-refractivity contribution in [2.24, 2.45) is 0 Å². The second-order valence-electron chi connectivity index (χ2n) is 3.44. The number of aromatic amines is 1. The molecule has 2 N–H and O–H groups in total. The average Bonchev–Trinajstić information content (AvgIpc) is 2.81. The number of sulfonamides is 1. The minimum absolute atomic E-state index is 0.174. The van der Waals surface area contributed by atoms with Crippen molar-refractivity contribution >= 4 is 33.0 Å². The summed E-state index contributed by atoms with van der Waals surface area (Å²) in [4.78, 5) is 10.1. The van der Waals surface area contributed by atoms with E-state index in [1.54, 1.807) is 0 Å². The molecule has 0 aliphatic rings. The van der Waals surface area contributed by atoms with Gasteiger partial charge in [-0.2, -0.15) is 13.5 Å². The van der Waals surface area contributed by atoms with Crippen LogP contribution in [0.3, 0.4) is 0 Å². The number of aromatic nitrogens is 2. The van der Waals surface area contributed by atoms with Crippen LogP contribution < -0.4 is 4.72 Å². The summed E-state index contributed by atoms with van der Waals surface area (Å²) in [5.41, 5.74) is -0.611. The number of H-pyrrole nitrogens is 1. The minimum Gasteiger partial charge on any atom is -0.272 e. The Balaban J connectivity index is 2.44. The molecule has 0 amide bonds. The fraction of sp³-hybridized carbons (Fsp3) is 0. The van der Waals surface area contributed by atoms with E-state index in [9.17, 15) is 18.5 Å². The quantitative estimate of drug-likeness (QED) is 0.659. The predicted octanol–water partition coefficient (Wildman–Crippen LogP) is 1.77. The third kappa shape index (κ3) is 2.83. The monoisotopic (exact) mass is 302 g/mol. The zero-order chi connectivity index (χ0) is 14.0. The molecule has 0 unspecified atom stereocenters. The molecule has 1 aromatic heterocycles. The van der Waals surface area contributed by atoms with Crippen LogP contribution in [0.5, 0.6) is 0 Å². The molecule has 19 heavy (non-hydrogen) atoms. The van der Waals surface area contributed by atoms with Gasteiger partial charge in [0, 0.05) is 11.1 Å². The van der Waals surface area contributed by atoms with Crippen molar-refractivity contribution in [1.29, 1.82) is 0 Å². The molecule has 0 saturated carbocycles. The number of nitro groups is 1.